The highest BCUT2D eigenvalue weighted by Crippen LogP contribution is 2.31. The Balaban J connectivity index is 1.64. The molecule has 0 aliphatic carbocycles. The third kappa shape index (κ3) is 4.49. The first kappa shape index (κ1) is 22.2. The zero-order valence-corrected chi connectivity index (χ0v) is 18.3. The highest BCUT2D eigenvalue weighted by molar-refractivity contribution is 6.13. The standard InChI is InChI=1S/C24H24FN5O3/c1-15-13-29(14-27-15)21-8-3-16(12-22(21)33-2)11-19-23(32)30(24(26)28-19)20(9-10-31)17-4-6-18(25)7-5-17/h3-8,11-14,20,31H,9-10H2,1-2H3,(H2,26,28)/b19-11-/t20-/m1/s1. The zero-order valence-electron chi connectivity index (χ0n) is 18.3. The van der Waals surface area contributed by atoms with Gasteiger partial charge in [-0.1, -0.05) is 18.2 Å². The van der Waals surface area contributed by atoms with Gasteiger partial charge in [0.2, 0.25) is 5.96 Å². The molecule has 0 unspecified atom stereocenters. The molecule has 4 rings (SSSR count). The Labute approximate surface area is 190 Å². The van der Waals surface area contributed by atoms with E-state index in [1.807, 2.05) is 29.8 Å². The van der Waals surface area contributed by atoms with Crippen LogP contribution >= 0.6 is 0 Å². The van der Waals surface area contributed by atoms with Gasteiger partial charge in [0.15, 0.2) is 0 Å². The Morgan fingerprint density at radius 1 is 1.24 bits per heavy atom. The first-order chi connectivity index (χ1) is 15.9. The lowest BCUT2D eigenvalue weighted by atomic mass is 10.0. The summed E-state index contributed by atoms with van der Waals surface area (Å²) in [6.07, 6.45) is 5.44. The summed E-state index contributed by atoms with van der Waals surface area (Å²) in [6.45, 7) is 1.72. The highest BCUT2D eigenvalue weighted by atomic mass is 19.1. The molecule has 3 aromatic rings. The van der Waals surface area contributed by atoms with Crippen molar-refractivity contribution in [3.8, 4) is 11.4 Å². The molecule has 0 saturated carbocycles. The number of amides is 1. The molecule has 3 N–H and O–H groups in total. The van der Waals surface area contributed by atoms with Crippen molar-refractivity contribution in [1.29, 1.82) is 0 Å². The lowest BCUT2D eigenvalue weighted by Gasteiger charge is -2.27. The van der Waals surface area contributed by atoms with Crippen molar-refractivity contribution in [3.05, 3.63) is 83.3 Å². The van der Waals surface area contributed by atoms with Crippen LogP contribution in [0.2, 0.25) is 0 Å². The molecule has 0 spiro atoms. The minimum absolute atomic E-state index is 0.0199. The summed E-state index contributed by atoms with van der Waals surface area (Å²) < 4.78 is 20.7. The van der Waals surface area contributed by atoms with Gasteiger partial charge in [0.05, 0.1) is 30.9 Å². The van der Waals surface area contributed by atoms with E-state index in [0.717, 1.165) is 11.4 Å². The molecule has 0 saturated heterocycles. The number of imidazole rings is 1. The number of halogens is 1. The van der Waals surface area contributed by atoms with E-state index in [0.29, 0.717) is 16.9 Å². The van der Waals surface area contributed by atoms with Gasteiger partial charge in [0.25, 0.3) is 5.91 Å². The molecule has 1 aromatic heterocycles. The Hall–Kier alpha value is -3.98. The number of guanidine groups is 1. The molecule has 0 radical (unpaired) electrons. The van der Waals surface area contributed by atoms with Crippen LogP contribution in [0.25, 0.3) is 11.8 Å². The summed E-state index contributed by atoms with van der Waals surface area (Å²) in [4.78, 5) is 23.0. The maximum Gasteiger partial charge on any atom is 0.279 e. The first-order valence-electron chi connectivity index (χ1n) is 10.4. The molecule has 170 valence electrons. The minimum Gasteiger partial charge on any atom is -0.495 e. The molecule has 2 aromatic carbocycles. The van der Waals surface area contributed by atoms with Gasteiger partial charge in [-0.3, -0.25) is 9.69 Å². The van der Waals surface area contributed by atoms with Gasteiger partial charge in [-0.25, -0.2) is 14.4 Å². The number of aliphatic hydroxyl groups is 1. The monoisotopic (exact) mass is 449 g/mol. The fourth-order valence-corrected chi connectivity index (χ4v) is 3.81. The van der Waals surface area contributed by atoms with E-state index in [1.54, 1.807) is 37.7 Å². The van der Waals surface area contributed by atoms with Gasteiger partial charge in [-0.2, -0.15) is 0 Å². The molecule has 0 fully saturated rings. The molecule has 33 heavy (non-hydrogen) atoms. The SMILES string of the molecule is COc1cc(/C=C2\N=C(N)N([C@H](CCO)c3ccc(F)cc3)C2=O)ccc1-n1cnc(C)c1. The van der Waals surface area contributed by atoms with Crippen LogP contribution in [0.4, 0.5) is 4.39 Å². The average Bonchev–Trinajstić information content (AvgIpc) is 3.35. The van der Waals surface area contributed by atoms with E-state index in [1.165, 1.54) is 17.0 Å². The number of benzene rings is 2. The number of rotatable bonds is 7. The van der Waals surface area contributed by atoms with Crippen LogP contribution in [0, 0.1) is 12.7 Å². The van der Waals surface area contributed by atoms with Gasteiger partial charge in [-0.05, 0) is 54.8 Å². The normalized spacial score (nSPS) is 15.8. The highest BCUT2D eigenvalue weighted by Gasteiger charge is 2.35. The number of nitrogens with two attached hydrogens (primary N) is 1. The zero-order chi connectivity index (χ0) is 23.5. The van der Waals surface area contributed by atoms with Crippen LogP contribution in [0.1, 0.15) is 29.3 Å². The van der Waals surface area contributed by atoms with E-state index in [9.17, 15) is 14.3 Å². The van der Waals surface area contributed by atoms with Crippen LogP contribution in [0.15, 0.2) is 65.7 Å². The Morgan fingerprint density at radius 2 is 2.00 bits per heavy atom. The number of methoxy groups -OCH3 is 1. The van der Waals surface area contributed by atoms with Crippen molar-refractivity contribution in [3.63, 3.8) is 0 Å². The van der Waals surface area contributed by atoms with Gasteiger partial charge < -0.3 is 20.1 Å². The van der Waals surface area contributed by atoms with E-state index in [-0.39, 0.29) is 30.5 Å². The van der Waals surface area contributed by atoms with Crippen molar-refractivity contribution < 1.29 is 19.0 Å². The molecule has 1 atom stereocenters. The fourth-order valence-electron chi connectivity index (χ4n) is 3.81. The summed E-state index contributed by atoms with van der Waals surface area (Å²) in [5.74, 6) is -0.166. The van der Waals surface area contributed by atoms with Gasteiger partial charge >= 0.3 is 0 Å². The molecule has 9 heteroatoms. The van der Waals surface area contributed by atoms with Gasteiger partial charge in [0.1, 0.15) is 17.3 Å². The van der Waals surface area contributed by atoms with E-state index in [2.05, 4.69) is 9.98 Å². The average molecular weight is 449 g/mol. The van der Waals surface area contributed by atoms with Crippen LogP contribution in [0.3, 0.4) is 0 Å². The van der Waals surface area contributed by atoms with Gasteiger partial charge in [-0.15, -0.1) is 0 Å². The molecule has 2 heterocycles. The topological polar surface area (TPSA) is 106 Å². The molecule has 1 amide bonds. The molecule has 1 aliphatic heterocycles. The third-order valence-corrected chi connectivity index (χ3v) is 5.39. The summed E-state index contributed by atoms with van der Waals surface area (Å²) in [5.41, 5.74) is 9.29. The smallest absolute Gasteiger partial charge is 0.279 e. The largest absolute Gasteiger partial charge is 0.495 e. The number of hydrogen-bond acceptors (Lipinski definition) is 6. The number of aryl methyl sites for hydroxylation is 1. The second-order valence-corrected chi connectivity index (χ2v) is 7.61. The Morgan fingerprint density at radius 3 is 2.64 bits per heavy atom. The van der Waals surface area contributed by atoms with Crippen molar-refractivity contribution in [2.24, 2.45) is 10.7 Å². The lowest BCUT2D eigenvalue weighted by molar-refractivity contribution is -0.124. The number of ether oxygens (including phenoxy) is 1. The van der Waals surface area contributed by atoms with Crippen molar-refractivity contribution in [2.75, 3.05) is 13.7 Å². The number of nitrogens with zero attached hydrogens (tertiary/aromatic N) is 4. The summed E-state index contributed by atoms with van der Waals surface area (Å²) in [6, 6.07) is 10.7. The molecular weight excluding hydrogens is 425 g/mol. The van der Waals surface area contributed by atoms with E-state index < -0.39 is 11.9 Å². The van der Waals surface area contributed by atoms with E-state index in [4.69, 9.17) is 10.5 Å². The second-order valence-electron chi connectivity index (χ2n) is 7.61. The van der Waals surface area contributed by atoms with Crippen LogP contribution in [0.5, 0.6) is 5.75 Å². The number of carbonyl (C=O) groups is 1. The van der Waals surface area contributed by atoms with Crippen molar-refractivity contribution in [2.45, 2.75) is 19.4 Å². The predicted octanol–water partition coefficient (Wildman–Crippen LogP) is 2.95. The summed E-state index contributed by atoms with van der Waals surface area (Å²) in [5, 5.41) is 9.54. The number of hydrogen-bond donors (Lipinski definition) is 2. The number of aromatic nitrogens is 2. The lowest BCUT2D eigenvalue weighted by Crippen LogP contribution is -2.40. The minimum atomic E-state index is -0.570. The molecule has 1 aliphatic rings. The fraction of sp³-hybridized carbons (Fsp3) is 0.208. The third-order valence-electron chi connectivity index (χ3n) is 5.39. The van der Waals surface area contributed by atoms with Crippen LogP contribution in [-0.2, 0) is 4.79 Å². The Bertz CT molecular complexity index is 1230. The van der Waals surface area contributed by atoms with Crippen LogP contribution in [-0.4, -0.2) is 45.1 Å². The summed E-state index contributed by atoms with van der Waals surface area (Å²) >= 11 is 0. The number of aliphatic hydroxyl groups excluding tert-OH is 1. The first-order valence-corrected chi connectivity index (χ1v) is 10.4. The maximum atomic E-state index is 13.4. The summed E-state index contributed by atoms with van der Waals surface area (Å²) in [7, 11) is 1.57. The van der Waals surface area contributed by atoms with Crippen molar-refractivity contribution in [1.82, 2.24) is 14.5 Å². The quantitative estimate of drug-likeness (QED) is 0.540. The number of carbonyl (C=O) groups excluding carboxylic acids is 1. The maximum absolute atomic E-state index is 13.4. The molecular formula is C24H24FN5O3. The van der Waals surface area contributed by atoms with Gasteiger partial charge in [0, 0.05) is 12.8 Å². The molecule has 0 bridgehead atoms. The second kappa shape index (κ2) is 9.25. The van der Waals surface area contributed by atoms with Crippen LogP contribution < -0.4 is 10.5 Å². The molecule has 8 nitrogen and oxygen atoms in total. The number of aliphatic imine (C=N–C) groups is 1. The Kier molecular flexibility index (Phi) is 6.23. The predicted molar refractivity (Wildman–Crippen MR) is 122 cm³/mol. The van der Waals surface area contributed by atoms with Crippen molar-refractivity contribution >= 4 is 17.9 Å². The van der Waals surface area contributed by atoms with E-state index >= 15 is 0 Å².